The van der Waals surface area contributed by atoms with Gasteiger partial charge in [0.15, 0.2) is 0 Å². The molecule has 0 saturated heterocycles. The summed E-state index contributed by atoms with van der Waals surface area (Å²) in [6, 6.07) is 8.08. The molecule has 0 saturated carbocycles. The summed E-state index contributed by atoms with van der Waals surface area (Å²) < 4.78 is 0. The van der Waals surface area contributed by atoms with Crippen molar-refractivity contribution in [2.45, 2.75) is 12.8 Å². The minimum Gasteiger partial charge on any atom is -0.353 e. The molecule has 0 radical (unpaired) electrons. The van der Waals surface area contributed by atoms with Gasteiger partial charge in [-0.2, -0.15) is 0 Å². The number of hydrogen-bond acceptors (Lipinski definition) is 5. The van der Waals surface area contributed by atoms with E-state index < -0.39 is 0 Å². The van der Waals surface area contributed by atoms with E-state index in [4.69, 9.17) is 0 Å². The van der Waals surface area contributed by atoms with E-state index in [-0.39, 0.29) is 5.91 Å². The molecular formula is C18H23N5O. The van der Waals surface area contributed by atoms with Crippen LogP contribution in [0.15, 0.2) is 36.7 Å². The summed E-state index contributed by atoms with van der Waals surface area (Å²) in [4.78, 5) is 25.2. The number of benzene rings is 1. The van der Waals surface area contributed by atoms with Gasteiger partial charge in [-0.1, -0.05) is 18.2 Å². The molecule has 126 valence electrons. The lowest BCUT2D eigenvalue weighted by molar-refractivity contribution is 0.0984. The second-order valence-electron chi connectivity index (χ2n) is 6.21. The molecule has 1 aromatic carbocycles. The first-order valence-corrected chi connectivity index (χ1v) is 8.25. The standard InChI is InChI=1S/C18H23N5O/c1-22(2)11-9-19-18-20-12-15(13-21-18)17(24)23-10-5-7-14-6-3-4-8-16(14)23/h3-4,6,8,12-13H,5,7,9-11H2,1-2H3,(H,19,20,21). The first-order chi connectivity index (χ1) is 11.6. The molecule has 0 unspecified atom stereocenters. The molecule has 24 heavy (non-hydrogen) atoms. The summed E-state index contributed by atoms with van der Waals surface area (Å²) in [5, 5.41) is 3.15. The minimum absolute atomic E-state index is 0.0398. The zero-order valence-corrected chi connectivity index (χ0v) is 14.2. The maximum Gasteiger partial charge on any atom is 0.261 e. The van der Waals surface area contributed by atoms with Crippen molar-refractivity contribution in [1.82, 2.24) is 14.9 Å². The van der Waals surface area contributed by atoms with E-state index in [0.717, 1.165) is 38.2 Å². The van der Waals surface area contributed by atoms with Crippen molar-refractivity contribution in [1.29, 1.82) is 0 Å². The van der Waals surface area contributed by atoms with E-state index in [0.29, 0.717) is 11.5 Å². The third-order valence-corrected chi connectivity index (χ3v) is 4.10. The van der Waals surface area contributed by atoms with Crippen LogP contribution in [-0.4, -0.2) is 54.5 Å². The summed E-state index contributed by atoms with van der Waals surface area (Å²) in [5.41, 5.74) is 2.74. The molecule has 2 heterocycles. The van der Waals surface area contributed by atoms with Crippen molar-refractivity contribution in [2.75, 3.05) is 43.9 Å². The largest absolute Gasteiger partial charge is 0.353 e. The molecule has 3 rings (SSSR count). The Kier molecular flexibility index (Phi) is 5.05. The number of likely N-dealkylation sites (N-methyl/N-ethyl adjacent to an activating group) is 1. The third-order valence-electron chi connectivity index (χ3n) is 4.10. The van der Waals surface area contributed by atoms with Crippen LogP contribution >= 0.6 is 0 Å². The van der Waals surface area contributed by atoms with Gasteiger partial charge >= 0.3 is 0 Å². The highest BCUT2D eigenvalue weighted by atomic mass is 16.2. The molecule has 6 nitrogen and oxygen atoms in total. The summed E-state index contributed by atoms with van der Waals surface area (Å²) in [6.07, 6.45) is 5.20. The molecule has 6 heteroatoms. The molecule has 1 aliphatic rings. The van der Waals surface area contributed by atoms with Crippen LogP contribution in [0.25, 0.3) is 0 Å². The second kappa shape index (κ2) is 7.40. The average Bonchev–Trinajstić information content (AvgIpc) is 2.61. The number of hydrogen-bond donors (Lipinski definition) is 1. The monoisotopic (exact) mass is 325 g/mol. The average molecular weight is 325 g/mol. The summed E-state index contributed by atoms with van der Waals surface area (Å²) in [7, 11) is 4.03. The molecule has 1 aliphatic heterocycles. The molecule has 0 spiro atoms. The predicted octanol–water partition coefficient (Wildman–Crippen LogP) is 2.04. The molecule has 1 N–H and O–H groups in total. The maximum atomic E-state index is 12.8. The van der Waals surface area contributed by atoms with Crippen molar-refractivity contribution in [2.24, 2.45) is 0 Å². The number of aryl methyl sites for hydroxylation is 1. The van der Waals surface area contributed by atoms with E-state index in [2.05, 4.69) is 26.3 Å². The predicted molar refractivity (Wildman–Crippen MR) is 95.5 cm³/mol. The van der Waals surface area contributed by atoms with Gasteiger partial charge in [0.2, 0.25) is 5.95 Å². The highest BCUT2D eigenvalue weighted by Crippen LogP contribution is 2.27. The number of nitrogens with zero attached hydrogens (tertiary/aromatic N) is 4. The van der Waals surface area contributed by atoms with E-state index >= 15 is 0 Å². The topological polar surface area (TPSA) is 61.4 Å². The van der Waals surface area contributed by atoms with E-state index in [1.165, 1.54) is 5.56 Å². The van der Waals surface area contributed by atoms with Crippen molar-refractivity contribution in [3.05, 3.63) is 47.8 Å². The minimum atomic E-state index is -0.0398. The highest BCUT2D eigenvalue weighted by molar-refractivity contribution is 6.06. The summed E-state index contributed by atoms with van der Waals surface area (Å²) >= 11 is 0. The van der Waals surface area contributed by atoms with Crippen molar-refractivity contribution in [3.8, 4) is 0 Å². The number of para-hydroxylation sites is 1. The van der Waals surface area contributed by atoms with Gasteiger partial charge in [0, 0.05) is 37.7 Å². The Morgan fingerprint density at radius 1 is 1.25 bits per heavy atom. The van der Waals surface area contributed by atoms with Crippen LogP contribution in [0.1, 0.15) is 22.3 Å². The molecule has 0 bridgehead atoms. The third kappa shape index (κ3) is 3.71. The lowest BCUT2D eigenvalue weighted by atomic mass is 10.0. The van der Waals surface area contributed by atoms with Crippen LogP contribution in [0.3, 0.4) is 0 Å². The fraction of sp³-hybridized carbons (Fsp3) is 0.389. The number of aromatic nitrogens is 2. The highest BCUT2D eigenvalue weighted by Gasteiger charge is 2.23. The molecule has 0 atom stereocenters. The smallest absolute Gasteiger partial charge is 0.261 e. The van der Waals surface area contributed by atoms with Gasteiger partial charge in [-0.3, -0.25) is 4.79 Å². The SMILES string of the molecule is CN(C)CCNc1ncc(C(=O)N2CCCc3ccccc32)cn1. The molecule has 0 aliphatic carbocycles. The van der Waals surface area contributed by atoms with Crippen LogP contribution < -0.4 is 10.2 Å². The van der Waals surface area contributed by atoms with Crippen molar-refractivity contribution in [3.63, 3.8) is 0 Å². The first-order valence-electron chi connectivity index (χ1n) is 8.25. The Balaban J connectivity index is 1.70. The number of rotatable bonds is 5. The zero-order chi connectivity index (χ0) is 16.9. The second-order valence-corrected chi connectivity index (χ2v) is 6.21. The van der Waals surface area contributed by atoms with Gasteiger partial charge in [-0.15, -0.1) is 0 Å². The van der Waals surface area contributed by atoms with Crippen LogP contribution in [0.5, 0.6) is 0 Å². The normalized spacial score (nSPS) is 13.7. The van der Waals surface area contributed by atoms with Gasteiger partial charge < -0.3 is 15.1 Å². The van der Waals surface area contributed by atoms with E-state index in [1.807, 2.05) is 37.2 Å². The van der Waals surface area contributed by atoms with E-state index in [1.54, 1.807) is 12.4 Å². The molecule has 2 aromatic rings. The quantitative estimate of drug-likeness (QED) is 0.911. The van der Waals surface area contributed by atoms with Gasteiger partial charge in [0.05, 0.1) is 5.56 Å². The number of fused-ring (bicyclic) bond motifs is 1. The maximum absolute atomic E-state index is 12.8. The van der Waals surface area contributed by atoms with Crippen LogP contribution in [-0.2, 0) is 6.42 Å². The number of carbonyl (C=O) groups is 1. The van der Waals surface area contributed by atoms with Crippen LogP contribution in [0, 0.1) is 0 Å². The Morgan fingerprint density at radius 3 is 2.75 bits per heavy atom. The van der Waals surface area contributed by atoms with Gasteiger partial charge in [-0.05, 0) is 38.6 Å². The Hall–Kier alpha value is -2.47. The van der Waals surface area contributed by atoms with E-state index in [9.17, 15) is 4.79 Å². The number of amides is 1. The van der Waals surface area contributed by atoms with Crippen molar-refractivity contribution >= 4 is 17.5 Å². The lowest BCUT2D eigenvalue weighted by Gasteiger charge is -2.29. The van der Waals surface area contributed by atoms with Crippen LogP contribution in [0.4, 0.5) is 11.6 Å². The zero-order valence-electron chi connectivity index (χ0n) is 14.2. The number of carbonyl (C=O) groups excluding carboxylic acids is 1. The van der Waals surface area contributed by atoms with Crippen molar-refractivity contribution < 1.29 is 4.79 Å². The lowest BCUT2D eigenvalue weighted by Crippen LogP contribution is -2.35. The summed E-state index contributed by atoms with van der Waals surface area (Å²) in [6.45, 7) is 2.40. The number of nitrogens with one attached hydrogen (secondary N) is 1. The molecule has 0 fully saturated rings. The Morgan fingerprint density at radius 2 is 2.00 bits per heavy atom. The summed E-state index contributed by atoms with van der Waals surface area (Å²) in [5.74, 6) is 0.509. The molecular weight excluding hydrogens is 302 g/mol. The van der Waals surface area contributed by atoms with Gasteiger partial charge in [0.25, 0.3) is 5.91 Å². The first kappa shape index (κ1) is 16.4. The molecule has 1 amide bonds. The Bertz CT molecular complexity index is 699. The Labute approximate surface area is 142 Å². The number of anilines is 2. The fourth-order valence-corrected chi connectivity index (χ4v) is 2.82. The van der Waals surface area contributed by atoms with Crippen LogP contribution in [0.2, 0.25) is 0 Å². The molecule has 1 aromatic heterocycles. The fourth-order valence-electron chi connectivity index (χ4n) is 2.82. The van der Waals surface area contributed by atoms with Gasteiger partial charge in [-0.25, -0.2) is 9.97 Å². The van der Waals surface area contributed by atoms with Gasteiger partial charge in [0.1, 0.15) is 0 Å².